The molecule has 0 radical (unpaired) electrons. The summed E-state index contributed by atoms with van der Waals surface area (Å²) in [5.41, 5.74) is 0. The minimum atomic E-state index is -1.20. The molecule has 0 aliphatic carbocycles. The van der Waals surface area contributed by atoms with Crippen LogP contribution in [0.1, 0.15) is 20.8 Å². The first-order valence-electron chi connectivity index (χ1n) is 5.33. The maximum Gasteiger partial charge on any atom is 0.327 e. The van der Waals surface area contributed by atoms with E-state index in [9.17, 15) is 19.2 Å². The number of amides is 1. The van der Waals surface area contributed by atoms with E-state index in [2.05, 4.69) is 10.0 Å². The van der Waals surface area contributed by atoms with E-state index in [1.807, 2.05) is 0 Å². The second kappa shape index (κ2) is 8.94. The summed E-state index contributed by atoms with van der Waals surface area (Å²) in [5, 5.41) is 10.6. The van der Waals surface area contributed by atoms with Gasteiger partial charge in [0.05, 0.1) is 6.04 Å². The van der Waals surface area contributed by atoms with Crippen LogP contribution in [0.3, 0.4) is 0 Å². The lowest BCUT2D eigenvalue weighted by atomic mass is 10.3. The van der Waals surface area contributed by atoms with Gasteiger partial charge in [-0.05, 0) is 18.9 Å². The van der Waals surface area contributed by atoms with E-state index in [1.165, 1.54) is 13.8 Å². The van der Waals surface area contributed by atoms with E-state index in [1.54, 1.807) is 6.92 Å². The van der Waals surface area contributed by atoms with Crippen LogP contribution in [-0.4, -0.2) is 45.1 Å². The molecule has 0 saturated carbocycles. The molecule has 0 aromatic rings. The van der Waals surface area contributed by atoms with Gasteiger partial charge in [0.2, 0.25) is 16.1 Å². The van der Waals surface area contributed by atoms with Crippen LogP contribution in [0.5, 0.6) is 0 Å². The summed E-state index contributed by atoms with van der Waals surface area (Å²) >= 11 is 1.60. The van der Waals surface area contributed by atoms with Gasteiger partial charge < -0.3 is 10.4 Å². The van der Waals surface area contributed by atoms with Crippen molar-refractivity contribution in [1.82, 2.24) is 10.0 Å². The zero-order valence-corrected chi connectivity index (χ0v) is 12.4. The lowest BCUT2D eigenvalue weighted by Gasteiger charge is -2.14. The number of thioether (sulfide) groups is 1. The minimum Gasteiger partial charge on any atom is -0.480 e. The van der Waals surface area contributed by atoms with Crippen LogP contribution >= 0.6 is 23.7 Å². The van der Waals surface area contributed by atoms with E-state index in [0.717, 1.165) is 23.7 Å². The zero-order valence-electron chi connectivity index (χ0n) is 10.8. The number of nitrogens with one attached hydrogen (secondary N) is 2. The van der Waals surface area contributed by atoms with Gasteiger partial charge in [0.1, 0.15) is 6.04 Å². The summed E-state index contributed by atoms with van der Waals surface area (Å²) in [6.07, 6.45) is 0. The monoisotopic (exact) mass is 308 g/mol. The van der Waals surface area contributed by atoms with E-state index in [0.29, 0.717) is 0 Å². The Kier molecular flexibility index (Phi) is 8.44. The average molecular weight is 308 g/mol. The Hall–Kier alpha value is -1.06. The molecule has 0 heterocycles. The van der Waals surface area contributed by atoms with Crippen molar-refractivity contribution in [2.75, 3.05) is 5.75 Å². The van der Waals surface area contributed by atoms with Crippen molar-refractivity contribution in [3.63, 3.8) is 0 Å². The van der Waals surface area contributed by atoms with Gasteiger partial charge in [0.25, 0.3) is 0 Å². The third kappa shape index (κ3) is 8.62. The summed E-state index contributed by atoms with van der Waals surface area (Å²) in [6, 6.07) is -1.70. The zero-order chi connectivity index (χ0) is 15.0. The molecule has 19 heavy (non-hydrogen) atoms. The molecule has 0 aliphatic heterocycles. The third-order valence-corrected chi connectivity index (χ3v) is 3.70. The van der Waals surface area contributed by atoms with Gasteiger partial charge in [-0.2, -0.15) is 0 Å². The van der Waals surface area contributed by atoms with Gasteiger partial charge in [-0.3, -0.25) is 14.4 Å². The van der Waals surface area contributed by atoms with Crippen LogP contribution in [0, 0.1) is 0 Å². The molecule has 0 spiro atoms. The van der Waals surface area contributed by atoms with Crippen molar-refractivity contribution in [3.8, 4) is 0 Å². The first-order chi connectivity index (χ1) is 8.73. The van der Waals surface area contributed by atoms with Gasteiger partial charge in [0.15, 0.2) is 0 Å². The van der Waals surface area contributed by atoms with E-state index < -0.39 is 24.0 Å². The topological polar surface area (TPSA) is 113 Å². The van der Waals surface area contributed by atoms with Crippen molar-refractivity contribution in [1.29, 1.82) is 0 Å². The fourth-order valence-corrected chi connectivity index (χ4v) is 2.32. The molecule has 0 fully saturated rings. The molecule has 0 rings (SSSR count). The van der Waals surface area contributed by atoms with Gasteiger partial charge in [0, 0.05) is 19.6 Å². The average Bonchev–Trinajstić information content (AvgIpc) is 2.29. The number of hydrogen-bond donors (Lipinski definition) is 3. The molecular weight excluding hydrogens is 292 g/mol. The molecule has 108 valence electrons. The molecule has 9 heteroatoms. The van der Waals surface area contributed by atoms with E-state index >= 15 is 0 Å². The van der Waals surface area contributed by atoms with Crippen molar-refractivity contribution >= 4 is 45.8 Å². The van der Waals surface area contributed by atoms with Crippen molar-refractivity contribution in [2.45, 2.75) is 32.9 Å². The number of carboxylic acids is 1. The Morgan fingerprint density at radius 2 is 1.79 bits per heavy atom. The lowest BCUT2D eigenvalue weighted by molar-refractivity contribution is -0.140. The molecule has 1 amide bonds. The minimum absolute atomic E-state index is 0.0650. The van der Waals surface area contributed by atoms with Gasteiger partial charge in [-0.15, -0.1) is 0 Å². The number of hydrogen-bond acceptors (Lipinski definition) is 7. The predicted octanol–water partition coefficient (Wildman–Crippen LogP) is 0.00830. The Morgan fingerprint density at radius 1 is 1.21 bits per heavy atom. The normalized spacial score (nSPS) is 13.4. The highest BCUT2D eigenvalue weighted by atomic mass is 32.2. The van der Waals surface area contributed by atoms with E-state index in [-0.39, 0.29) is 16.0 Å². The first kappa shape index (κ1) is 17.9. The fourth-order valence-electron chi connectivity index (χ4n) is 0.930. The maximum absolute atomic E-state index is 11.6. The smallest absolute Gasteiger partial charge is 0.327 e. The second-order valence-corrected chi connectivity index (χ2v) is 5.69. The molecule has 2 atom stereocenters. The predicted molar refractivity (Wildman–Crippen MR) is 73.6 cm³/mol. The third-order valence-electron chi connectivity index (χ3n) is 1.80. The van der Waals surface area contributed by atoms with Crippen LogP contribution in [-0.2, 0) is 19.2 Å². The number of carbonyl (C=O) groups is 4. The molecular formula is C10H16N2O5S2. The number of carbonyl (C=O) groups excluding carboxylic acids is 3. The number of rotatable bonds is 7. The van der Waals surface area contributed by atoms with Crippen molar-refractivity contribution in [2.24, 2.45) is 0 Å². The number of aliphatic carboxylic acids is 1. The van der Waals surface area contributed by atoms with Crippen molar-refractivity contribution in [3.05, 3.63) is 0 Å². The molecule has 3 N–H and O–H groups in total. The Morgan fingerprint density at radius 3 is 2.21 bits per heavy atom. The molecule has 0 aliphatic rings. The van der Waals surface area contributed by atoms with Crippen LogP contribution in [0.25, 0.3) is 0 Å². The number of carboxylic acid groups (broad SMARTS) is 1. The molecule has 0 aromatic carbocycles. The largest absolute Gasteiger partial charge is 0.480 e. The van der Waals surface area contributed by atoms with Gasteiger partial charge >= 0.3 is 5.97 Å². The Bertz CT molecular complexity index is 375. The molecule has 0 saturated heterocycles. The Labute approximate surface area is 119 Å². The standard InChI is InChI=1S/C10H16N2O5S2/c1-5(12-19-7(3)14)10(17)18-4-8(9(15)16)11-6(2)13/h5,8,12H,4H2,1-3H3,(H,11,13)(H,15,16)/t5-,8-/m0/s1. The van der Waals surface area contributed by atoms with E-state index in [4.69, 9.17) is 5.11 Å². The summed E-state index contributed by atoms with van der Waals surface area (Å²) in [5.74, 6) is -1.74. The molecule has 0 aromatic heterocycles. The molecule has 0 unspecified atom stereocenters. The summed E-state index contributed by atoms with van der Waals surface area (Å²) in [6.45, 7) is 4.13. The second-order valence-electron chi connectivity index (χ2n) is 3.65. The van der Waals surface area contributed by atoms with Gasteiger partial charge in [-0.25, -0.2) is 9.52 Å². The summed E-state index contributed by atoms with van der Waals surface area (Å²) < 4.78 is 2.64. The van der Waals surface area contributed by atoms with Crippen molar-refractivity contribution < 1.29 is 24.3 Å². The molecule has 7 nitrogen and oxygen atoms in total. The fraction of sp³-hybridized carbons (Fsp3) is 0.600. The highest BCUT2D eigenvalue weighted by Crippen LogP contribution is 2.10. The van der Waals surface area contributed by atoms with Crippen LogP contribution in [0.4, 0.5) is 0 Å². The lowest BCUT2D eigenvalue weighted by Crippen LogP contribution is -2.42. The Balaban J connectivity index is 4.20. The maximum atomic E-state index is 11.6. The quantitative estimate of drug-likeness (QED) is 0.564. The first-order valence-corrected chi connectivity index (χ1v) is 7.13. The van der Waals surface area contributed by atoms with Crippen LogP contribution in [0.15, 0.2) is 0 Å². The highest BCUT2D eigenvalue weighted by Gasteiger charge is 2.22. The SMILES string of the molecule is CC(=O)N[C@@H](CSC(=O)[C@H](C)NSC(C)=O)C(=O)O. The molecule has 0 bridgehead atoms. The van der Waals surface area contributed by atoms with Crippen LogP contribution in [0.2, 0.25) is 0 Å². The summed E-state index contributed by atoms with van der Waals surface area (Å²) in [4.78, 5) is 44.0. The highest BCUT2D eigenvalue weighted by molar-refractivity contribution is 8.14. The van der Waals surface area contributed by atoms with Gasteiger partial charge in [-0.1, -0.05) is 11.8 Å². The summed E-state index contributed by atoms with van der Waals surface area (Å²) in [7, 11) is 0. The van der Waals surface area contributed by atoms with Crippen LogP contribution < -0.4 is 10.0 Å².